The first-order valence-electron chi connectivity index (χ1n) is 11.0. The van der Waals surface area contributed by atoms with E-state index in [1.165, 1.54) is 4.57 Å². The van der Waals surface area contributed by atoms with E-state index in [-0.39, 0.29) is 18.9 Å². The molecular weight excluding hydrogens is 430 g/mol. The first kappa shape index (κ1) is 21.0. The molecule has 1 fully saturated rings. The number of amides is 1. The van der Waals surface area contributed by atoms with Crippen molar-refractivity contribution in [3.8, 4) is 0 Å². The number of hydrogen-bond acceptors (Lipinski definition) is 5. The molecule has 168 valence electrons. The van der Waals surface area contributed by atoms with E-state index in [2.05, 4.69) is 0 Å². The number of aromatic nitrogens is 1. The van der Waals surface area contributed by atoms with Crippen molar-refractivity contribution in [2.75, 3.05) is 24.5 Å². The zero-order chi connectivity index (χ0) is 22.3. The van der Waals surface area contributed by atoms with E-state index >= 15 is 0 Å². The summed E-state index contributed by atoms with van der Waals surface area (Å²) >= 11 is 0. The summed E-state index contributed by atoms with van der Waals surface area (Å²) in [6.45, 7) is 1.85. The van der Waals surface area contributed by atoms with Gasteiger partial charge in [-0.15, -0.1) is 0 Å². The van der Waals surface area contributed by atoms with Gasteiger partial charge in [-0.1, -0.05) is 18.6 Å². The summed E-state index contributed by atoms with van der Waals surface area (Å²) in [5, 5.41) is 0. The maximum Gasteiger partial charge on any atom is 0.419 e. The average Bonchev–Trinajstić information content (AvgIpc) is 3.38. The van der Waals surface area contributed by atoms with Gasteiger partial charge in [-0.25, -0.2) is 13.2 Å². The molecule has 2 aliphatic rings. The molecule has 32 heavy (non-hydrogen) atoms. The molecule has 3 aromatic rings. The Hall–Kier alpha value is -2.91. The van der Waals surface area contributed by atoms with Crippen molar-refractivity contribution in [1.29, 1.82) is 0 Å². The number of carbonyl (C=O) groups excluding carboxylic acids is 1. The van der Waals surface area contributed by atoms with Gasteiger partial charge in [0.2, 0.25) is 15.9 Å². The minimum atomic E-state index is -3.51. The highest BCUT2D eigenvalue weighted by Crippen LogP contribution is 2.32. The Balaban J connectivity index is 1.32. The molecule has 5 rings (SSSR count). The van der Waals surface area contributed by atoms with Crippen LogP contribution in [0.25, 0.3) is 11.1 Å². The smallest absolute Gasteiger partial charge is 0.408 e. The van der Waals surface area contributed by atoms with Crippen LogP contribution in [0.1, 0.15) is 31.2 Å². The van der Waals surface area contributed by atoms with Gasteiger partial charge in [0.1, 0.15) is 0 Å². The van der Waals surface area contributed by atoms with Crippen LogP contribution in [0.5, 0.6) is 0 Å². The highest BCUT2D eigenvalue weighted by molar-refractivity contribution is 7.89. The standard InChI is InChI=1S/C23H25N3O5S/c27-22(11-15-26-20-6-2-3-7-21(20)31-23(26)28)25-14-10-17-16-18(8-9-19(17)25)32(29,30)24-12-4-1-5-13-24/h2-3,6-9,16H,1,4-5,10-15H2. The van der Waals surface area contributed by atoms with Crippen LogP contribution in [-0.4, -0.2) is 42.8 Å². The summed E-state index contributed by atoms with van der Waals surface area (Å²) in [6.07, 6.45) is 3.60. The second-order valence-electron chi connectivity index (χ2n) is 8.29. The fraction of sp³-hybridized carbons (Fsp3) is 0.391. The first-order valence-corrected chi connectivity index (χ1v) is 12.4. The third kappa shape index (κ3) is 3.65. The molecule has 8 nitrogen and oxygen atoms in total. The van der Waals surface area contributed by atoms with Crippen LogP contribution < -0.4 is 10.7 Å². The van der Waals surface area contributed by atoms with Crippen molar-refractivity contribution in [2.24, 2.45) is 0 Å². The quantitative estimate of drug-likeness (QED) is 0.590. The Morgan fingerprint density at radius 3 is 2.59 bits per heavy atom. The topological polar surface area (TPSA) is 92.8 Å². The summed E-state index contributed by atoms with van der Waals surface area (Å²) in [7, 11) is -3.51. The molecule has 0 aliphatic carbocycles. The molecule has 0 saturated carbocycles. The van der Waals surface area contributed by atoms with E-state index in [4.69, 9.17) is 4.42 Å². The lowest BCUT2D eigenvalue weighted by atomic mass is 10.2. The van der Waals surface area contributed by atoms with Crippen molar-refractivity contribution < 1.29 is 17.6 Å². The number of piperidine rings is 1. The molecule has 1 aromatic heterocycles. The van der Waals surface area contributed by atoms with Crippen molar-refractivity contribution in [2.45, 2.75) is 43.5 Å². The summed E-state index contributed by atoms with van der Waals surface area (Å²) in [5.41, 5.74) is 2.78. The molecule has 0 radical (unpaired) electrons. The lowest BCUT2D eigenvalue weighted by molar-refractivity contribution is -0.118. The Labute approximate surface area is 186 Å². The average molecular weight is 456 g/mol. The van der Waals surface area contributed by atoms with Crippen molar-refractivity contribution >= 4 is 32.7 Å². The number of nitrogens with zero attached hydrogens (tertiary/aromatic N) is 3. The monoisotopic (exact) mass is 455 g/mol. The van der Waals surface area contributed by atoms with Crippen molar-refractivity contribution in [3.05, 3.63) is 58.6 Å². The maximum absolute atomic E-state index is 13.0. The SMILES string of the molecule is O=C(CCn1c(=O)oc2ccccc21)N1CCc2cc(S(=O)(=O)N3CCCCC3)ccc21. The minimum absolute atomic E-state index is 0.104. The third-order valence-electron chi connectivity index (χ3n) is 6.32. The van der Waals surface area contributed by atoms with Gasteiger partial charge in [-0.3, -0.25) is 9.36 Å². The van der Waals surface area contributed by atoms with Gasteiger partial charge in [0.05, 0.1) is 10.4 Å². The lowest BCUT2D eigenvalue weighted by Gasteiger charge is -2.26. The van der Waals surface area contributed by atoms with Crippen LogP contribution in [0.15, 0.2) is 56.6 Å². The highest BCUT2D eigenvalue weighted by Gasteiger charge is 2.30. The zero-order valence-corrected chi connectivity index (χ0v) is 18.5. The Kier molecular flexibility index (Phi) is 5.38. The number of aryl methyl sites for hydroxylation is 1. The lowest BCUT2D eigenvalue weighted by Crippen LogP contribution is -2.35. The number of sulfonamides is 1. The maximum atomic E-state index is 13.0. The predicted octanol–water partition coefficient (Wildman–Crippen LogP) is 2.75. The van der Waals surface area contributed by atoms with E-state index < -0.39 is 15.8 Å². The number of hydrogen-bond donors (Lipinski definition) is 0. The number of para-hydroxylation sites is 2. The third-order valence-corrected chi connectivity index (χ3v) is 8.22. The normalized spacial score (nSPS) is 17.1. The van der Waals surface area contributed by atoms with Gasteiger partial charge in [-0.2, -0.15) is 4.31 Å². The molecule has 2 aromatic carbocycles. The zero-order valence-electron chi connectivity index (χ0n) is 17.7. The molecule has 0 atom stereocenters. The minimum Gasteiger partial charge on any atom is -0.408 e. The van der Waals surface area contributed by atoms with E-state index in [0.29, 0.717) is 42.1 Å². The van der Waals surface area contributed by atoms with Gasteiger partial charge in [0.25, 0.3) is 0 Å². The van der Waals surface area contributed by atoms with Gasteiger partial charge < -0.3 is 9.32 Å². The predicted molar refractivity (Wildman–Crippen MR) is 120 cm³/mol. The number of oxazole rings is 1. The summed E-state index contributed by atoms with van der Waals surface area (Å²) in [5.74, 6) is -0.582. The van der Waals surface area contributed by atoms with Crippen LogP contribution in [0.3, 0.4) is 0 Å². The number of anilines is 1. The van der Waals surface area contributed by atoms with Gasteiger partial charge in [-0.05, 0) is 55.2 Å². The van der Waals surface area contributed by atoms with Crippen LogP contribution in [-0.2, 0) is 27.8 Å². The van der Waals surface area contributed by atoms with E-state index in [1.54, 1.807) is 45.6 Å². The molecule has 1 saturated heterocycles. The second kappa shape index (κ2) is 8.22. The van der Waals surface area contributed by atoms with E-state index in [1.807, 2.05) is 6.07 Å². The molecule has 0 N–H and O–H groups in total. The molecule has 9 heteroatoms. The molecule has 0 bridgehead atoms. The number of carbonyl (C=O) groups is 1. The van der Waals surface area contributed by atoms with Crippen LogP contribution in [0.2, 0.25) is 0 Å². The van der Waals surface area contributed by atoms with Gasteiger partial charge in [0.15, 0.2) is 5.58 Å². The summed E-state index contributed by atoms with van der Waals surface area (Å²) in [6, 6.07) is 12.2. The highest BCUT2D eigenvalue weighted by atomic mass is 32.2. The molecule has 3 heterocycles. The largest absolute Gasteiger partial charge is 0.419 e. The Bertz CT molecular complexity index is 1340. The van der Waals surface area contributed by atoms with Crippen LogP contribution >= 0.6 is 0 Å². The second-order valence-corrected chi connectivity index (χ2v) is 10.2. The van der Waals surface area contributed by atoms with Crippen molar-refractivity contribution in [1.82, 2.24) is 8.87 Å². The first-order chi connectivity index (χ1) is 15.4. The Morgan fingerprint density at radius 1 is 1.00 bits per heavy atom. The van der Waals surface area contributed by atoms with Crippen LogP contribution in [0.4, 0.5) is 5.69 Å². The fourth-order valence-corrected chi connectivity index (χ4v) is 6.19. The van der Waals surface area contributed by atoms with Gasteiger partial charge >= 0.3 is 5.76 Å². The summed E-state index contributed by atoms with van der Waals surface area (Å²) in [4.78, 5) is 27.1. The fourth-order valence-electron chi connectivity index (χ4n) is 4.62. The van der Waals surface area contributed by atoms with Crippen LogP contribution in [0, 0.1) is 0 Å². The molecule has 1 amide bonds. The van der Waals surface area contributed by atoms with E-state index in [0.717, 1.165) is 30.5 Å². The summed E-state index contributed by atoms with van der Waals surface area (Å²) < 4.78 is 34.2. The number of rotatable bonds is 5. The number of fused-ring (bicyclic) bond motifs is 2. The number of benzene rings is 2. The molecule has 2 aliphatic heterocycles. The molecule has 0 unspecified atom stereocenters. The van der Waals surface area contributed by atoms with E-state index in [9.17, 15) is 18.0 Å². The van der Waals surface area contributed by atoms with Gasteiger partial charge in [0, 0.05) is 38.3 Å². The Morgan fingerprint density at radius 2 is 1.78 bits per heavy atom. The molecule has 0 spiro atoms. The van der Waals surface area contributed by atoms with Crippen molar-refractivity contribution in [3.63, 3.8) is 0 Å². The molecular formula is C23H25N3O5S.